The van der Waals surface area contributed by atoms with Crippen LogP contribution in [0.25, 0.3) is 22.3 Å². The number of aryl methyl sites for hydroxylation is 3. The Labute approximate surface area is 172 Å². The molecule has 4 rings (SSSR count). The van der Waals surface area contributed by atoms with Crippen molar-refractivity contribution in [3.63, 3.8) is 0 Å². The molecular weight excluding hydrogens is 352 g/mol. The maximum Gasteiger partial charge on any atom is 0.0857 e. The van der Waals surface area contributed by atoms with E-state index in [1.165, 1.54) is 38.9 Å². The van der Waals surface area contributed by atoms with Crippen LogP contribution in [0.4, 0.5) is 11.4 Å². The summed E-state index contributed by atoms with van der Waals surface area (Å²) in [4.78, 5) is 0. The highest BCUT2D eigenvalue weighted by molar-refractivity contribution is 5.67. The van der Waals surface area contributed by atoms with Crippen molar-refractivity contribution >= 4 is 11.4 Å². The van der Waals surface area contributed by atoms with Crippen LogP contribution in [-0.2, 0) is 0 Å². The SMILES string of the molecule is Cc1ccc(-c2ccc(N=Nc3ccc(-c4ccc(C)c(C)c4)cc3)cc2)cc1. The molecular formula is C27H24N2. The Morgan fingerprint density at radius 2 is 0.828 bits per heavy atom. The summed E-state index contributed by atoms with van der Waals surface area (Å²) in [5, 5.41) is 8.76. The van der Waals surface area contributed by atoms with E-state index in [0.717, 1.165) is 11.4 Å². The lowest BCUT2D eigenvalue weighted by Gasteiger charge is -2.05. The molecule has 0 spiro atoms. The van der Waals surface area contributed by atoms with Crippen LogP contribution in [0, 0.1) is 20.8 Å². The molecule has 0 saturated heterocycles. The van der Waals surface area contributed by atoms with Gasteiger partial charge in [0, 0.05) is 0 Å². The monoisotopic (exact) mass is 376 g/mol. The van der Waals surface area contributed by atoms with E-state index >= 15 is 0 Å². The van der Waals surface area contributed by atoms with E-state index in [0.29, 0.717) is 0 Å². The van der Waals surface area contributed by atoms with Gasteiger partial charge in [0.2, 0.25) is 0 Å². The molecule has 4 aromatic rings. The summed E-state index contributed by atoms with van der Waals surface area (Å²) < 4.78 is 0. The van der Waals surface area contributed by atoms with E-state index in [-0.39, 0.29) is 0 Å². The van der Waals surface area contributed by atoms with Gasteiger partial charge in [0.1, 0.15) is 0 Å². The smallest absolute Gasteiger partial charge is 0.0857 e. The summed E-state index contributed by atoms with van der Waals surface area (Å²) >= 11 is 0. The Balaban J connectivity index is 1.47. The van der Waals surface area contributed by atoms with Crippen molar-refractivity contribution in [2.24, 2.45) is 10.2 Å². The van der Waals surface area contributed by atoms with E-state index in [1.54, 1.807) is 0 Å². The van der Waals surface area contributed by atoms with Crippen molar-refractivity contribution in [3.8, 4) is 22.3 Å². The molecule has 2 heteroatoms. The fourth-order valence-electron chi connectivity index (χ4n) is 3.22. The van der Waals surface area contributed by atoms with Gasteiger partial charge in [-0.3, -0.25) is 0 Å². The molecule has 0 aromatic heterocycles. The molecule has 0 aliphatic carbocycles. The van der Waals surface area contributed by atoms with Gasteiger partial charge < -0.3 is 0 Å². The number of benzene rings is 4. The minimum Gasteiger partial charge on any atom is -0.151 e. The van der Waals surface area contributed by atoms with Gasteiger partial charge >= 0.3 is 0 Å². The summed E-state index contributed by atoms with van der Waals surface area (Å²) in [6.07, 6.45) is 0. The molecule has 0 radical (unpaired) electrons. The Morgan fingerprint density at radius 1 is 0.414 bits per heavy atom. The second-order valence-corrected chi connectivity index (χ2v) is 7.46. The molecule has 0 aliphatic rings. The first-order valence-electron chi connectivity index (χ1n) is 9.85. The van der Waals surface area contributed by atoms with E-state index in [4.69, 9.17) is 0 Å². The second-order valence-electron chi connectivity index (χ2n) is 7.46. The average Bonchev–Trinajstić information content (AvgIpc) is 2.76. The van der Waals surface area contributed by atoms with Crippen LogP contribution in [-0.4, -0.2) is 0 Å². The average molecular weight is 377 g/mol. The Bertz CT molecular complexity index is 1140. The lowest BCUT2D eigenvalue weighted by Crippen LogP contribution is -1.83. The Hall–Kier alpha value is -3.52. The van der Waals surface area contributed by atoms with Crippen molar-refractivity contribution in [2.75, 3.05) is 0 Å². The van der Waals surface area contributed by atoms with Gasteiger partial charge in [-0.25, -0.2) is 0 Å². The topological polar surface area (TPSA) is 24.7 Å². The van der Waals surface area contributed by atoms with Gasteiger partial charge in [-0.1, -0.05) is 72.3 Å². The molecule has 0 unspecified atom stereocenters. The quantitative estimate of drug-likeness (QED) is 0.320. The van der Waals surface area contributed by atoms with Gasteiger partial charge in [-0.2, -0.15) is 10.2 Å². The van der Waals surface area contributed by atoms with E-state index in [2.05, 4.69) is 97.7 Å². The molecule has 4 aromatic carbocycles. The highest BCUT2D eigenvalue weighted by Gasteiger charge is 2.01. The molecule has 0 heterocycles. The van der Waals surface area contributed by atoms with Crippen LogP contribution in [0.2, 0.25) is 0 Å². The Morgan fingerprint density at radius 3 is 1.31 bits per heavy atom. The van der Waals surface area contributed by atoms with E-state index in [1.807, 2.05) is 24.3 Å². The summed E-state index contributed by atoms with van der Waals surface area (Å²) in [6, 6.07) is 31.5. The maximum atomic E-state index is 4.38. The molecule has 0 N–H and O–H groups in total. The van der Waals surface area contributed by atoms with Gasteiger partial charge in [0.15, 0.2) is 0 Å². The number of nitrogens with zero attached hydrogens (tertiary/aromatic N) is 2. The molecule has 29 heavy (non-hydrogen) atoms. The number of azo groups is 1. The largest absolute Gasteiger partial charge is 0.151 e. The van der Waals surface area contributed by atoms with Crippen LogP contribution < -0.4 is 0 Å². The normalized spacial score (nSPS) is 11.1. The molecule has 0 atom stereocenters. The van der Waals surface area contributed by atoms with Gasteiger partial charge in [0.05, 0.1) is 11.4 Å². The number of hydrogen-bond donors (Lipinski definition) is 0. The zero-order valence-electron chi connectivity index (χ0n) is 17.1. The van der Waals surface area contributed by atoms with Crippen molar-refractivity contribution in [2.45, 2.75) is 20.8 Å². The first-order valence-corrected chi connectivity index (χ1v) is 9.85. The molecule has 0 fully saturated rings. The summed E-state index contributed by atoms with van der Waals surface area (Å²) in [5.41, 5.74) is 10.4. The highest BCUT2D eigenvalue weighted by atomic mass is 15.1. The minimum atomic E-state index is 0.846. The third kappa shape index (κ3) is 4.49. The van der Waals surface area contributed by atoms with Crippen molar-refractivity contribution < 1.29 is 0 Å². The molecule has 142 valence electrons. The lowest BCUT2D eigenvalue weighted by atomic mass is 10.0. The van der Waals surface area contributed by atoms with Crippen LogP contribution in [0.5, 0.6) is 0 Å². The predicted octanol–water partition coefficient (Wildman–Crippen LogP) is 8.36. The summed E-state index contributed by atoms with van der Waals surface area (Å²) in [7, 11) is 0. The van der Waals surface area contributed by atoms with Crippen LogP contribution in [0.3, 0.4) is 0 Å². The molecule has 0 saturated carbocycles. The molecule has 2 nitrogen and oxygen atoms in total. The maximum absolute atomic E-state index is 4.38. The van der Waals surface area contributed by atoms with Crippen LogP contribution >= 0.6 is 0 Å². The summed E-state index contributed by atoms with van der Waals surface area (Å²) in [5.74, 6) is 0. The van der Waals surface area contributed by atoms with Crippen LogP contribution in [0.15, 0.2) is 101 Å². The predicted molar refractivity (Wildman–Crippen MR) is 122 cm³/mol. The highest BCUT2D eigenvalue weighted by Crippen LogP contribution is 2.27. The van der Waals surface area contributed by atoms with Crippen molar-refractivity contribution in [1.82, 2.24) is 0 Å². The Kier molecular flexibility index (Phi) is 5.35. The summed E-state index contributed by atoms with van der Waals surface area (Å²) in [6.45, 7) is 6.38. The van der Waals surface area contributed by atoms with Gasteiger partial charge in [-0.05, 0) is 78.4 Å². The third-order valence-electron chi connectivity index (χ3n) is 5.24. The fraction of sp³-hybridized carbons (Fsp3) is 0.111. The van der Waals surface area contributed by atoms with E-state index in [9.17, 15) is 0 Å². The van der Waals surface area contributed by atoms with Crippen molar-refractivity contribution in [1.29, 1.82) is 0 Å². The number of hydrogen-bond acceptors (Lipinski definition) is 2. The first kappa shape index (κ1) is 18.8. The van der Waals surface area contributed by atoms with Crippen LogP contribution in [0.1, 0.15) is 16.7 Å². The minimum absolute atomic E-state index is 0.846. The molecule has 0 amide bonds. The third-order valence-corrected chi connectivity index (χ3v) is 5.24. The zero-order chi connectivity index (χ0) is 20.2. The lowest BCUT2D eigenvalue weighted by molar-refractivity contribution is 1.23. The fourth-order valence-corrected chi connectivity index (χ4v) is 3.22. The first-order chi connectivity index (χ1) is 14.1. The second kappa shape index (κ2) is 8.24. The molecule has 0 aliphatic heterocycles. The number of rotatable bonds is 4. The zero-order valence-corrected chi connectivity index (χ0v) is 17.1. The standard InChI is InChI=1S/C27H24N2/c1-19-4-7-22(8-5-19)23-10-14-26(15-11-23)28-29-27-16-12-24(13-17-27)25-9-6-20(2)21(3)18-25/h4-18H,1-3H3. The van der Waals surface area contributed by atoms with Gasteiger partial charge in [-0.15, -0.1) is 0 Å². The molecule has 0 bridgehead atoms. The van der Waals surface area contributed by atoms with Gasteiger partial charge in [0.25, 0.3) is 0 Å². The van der Waals surface area contributed by atoms with E-state index < -0.39 is 0 Å². The van der Waals surface area contributed by atoms with Crippen molar-refractivity contribution in [3.05, 3.63) is 108 Å².